The highest BCUT2D eigenvalue weighted by Crippen LogP contribution is 2.19. The second-order valence-corrected chi connectivity index (χ2v) is 6.88. The number of nitrogens with zero attached hydrogens (tertiary/aromatic N) is 2. The molecular weight excluding hydrogens is 306 g/mol. The molecule has 24 heavy (non-hydrogen) atoms. The van der Waals surface area contributed by atoms with E-state index in [0.29, 0.717) is 5.56 Å². The molecule has 6 heteroatoms. The first kappa shape index (κ1) is 17.2. The number of pyridine rings is 1. The number of anilines is 1. The SMILES string of the molecule is C[C@@H]1CN(c2ccc(C(=O)N[C@H](C)[C@H]3CCCO3)cn2)C[C@@H](C)O1. The molecule has 1 aromatic rings. The molecule has 1 amide bonds. The molecular formula is C18H27N3O3. The number of rotatable bonds is 4. The van der Waals surface area contributed by atoms with Crippen LogP contribution in [0.4, 0.5) is 5.82 Å². The average Bonchev–Trinajstić information content (AvgIpc) is 3.08. The minimum atomic E-state index is -0.0965. The molecule has 132 valence electrons. The molecule has 4 atom stereocenters. The van der Waals surface area contributed by atoms with E-state index in [1.165, 1.54) is 0 Å². The molecule has 2 saturated heterocycles. The molecule has 0 unspecified atom stereocenters. The van der Waals surface area contributed by atoms with Crippen LogP contribution in [-0.2, 0) is 9.47 Å². The lowest BCUT2D eigenvalue weighted by Gasteiger charge is -2.36. The normalized spacial score (nSPS) is 28.6. The molecule has 6 nitrogen and oxygen atoms in total. The number of morpholine rings is 1. The Labute approximate surface area is 143 Å². The van der Waals surface area contributed by atoms with E-state index in [2.05, 4.69) is 29.0 Å². The van der Waals surface area contributed by atoms with Gasteiger partial charge in [0.05, 0.1) is 29.9 Å². The maximum atomic E-state index is 12.4. The Morgan fingerprint density at radius 1 is 1.33 bits per heavy atom. The van der Waals surface area contributed by atoms with Gasteiger partial charge in [-0.05, 0) is 45.7 Å². The smallest absolute Gasteiger partial charge is 0.253 e. The van der Waals surface area contributed by atoms with Gasteiger partial charge < -0.3 is 19.7 Å². The summed E-state index contributed by atoms with van der Waals surface area (Å²) in [4.78, 5) is 19.0. The summed E-state index contributed by atoms with van der Waals surface area (Å²) < 4.78 is 11.4. The summed E-state index contributed by atoms with van der Waals surface area (Å²) in [5.74, 6) is 0.793. The summed E-state index contributed by atoms with van der Waals surface area (Å²) in [6.07, 6.45) is 4.22. The Morgan fingerprint density at radius 2 is 2.08 bits per heavy atom. The maximum absolute atomic E-state index is 12.4. The Kier molecular flexibility index (Phi) is 5.36. The summed E-state index contributed by atoms with van der Waals surface area (Å²) in [5.41, 5.74) is 0.581. The molecule has 0 spiro atoms. The van der Waals surface area contributed by atoms with Gasteiger partial charge in [-0.15, -0.1) is 0 Å². The Bertz CT molecular complexity index is 547. The van der Waals surface area contributed by atoms with Crippen molar-refractivity contribution in [1.82, 2.24) is 10.3 Å². The van der Waals surface area contributed by atoms with Crippen LogP contribution in [0, 0.1) is 0 Å². The van der Waals surface area contributed by atoms with Crippen LogP contribution in [0.1, 0.15) is 44.0 Å². The molecule has 1 N–H and O–H groups in total. The fraction of sp³-hybridized carbons (Fsp3) is 0.667. The molecule has 1 aromatic heterocycles. The molecule has 3 rings (SSSR count). The van der Waals surface area contributed by atoms with Gasteiger partial charge in [0.1, 0.15) is 5.82 Å². The van der Waals surface area contributed by atoms with Crippen molar-refractivity contribution in [3.05, 3.63) is 23.9 Å². The van der Waals surface area contributed by atoms with E-state index in [9.17, 15) is 4.79 Å². The van der Waals surface area contributed by atoms with Crippen molar-refractivity contribution in [3.8, 4) is 0 Å². The summed E-state index contributed by atoms with van der Waals surface area (Å²) in [6.45, 7) is 8.55. The number of carbonyl (C=O) groups excluding carboxylic acids is 1. The zero-order chi connectivity index (χ0) is 17.1. The van der Waals surface area contributed by atoms with Gasteiger partial charge in [0.2, 0.25) is 0 Å². The molecule has 3 heterocycles. The van der Waals surface area contributed by atoms with E-state index in [0.717, 1.165) is 38.4 Å². The average molecular weight is 333 g/mol. The lowest BCUT2D eigenvalue weighted by Crippen LogP contribution is -2.45. The van der Waals surface area contributed by atoms with Crippen molar-refractivity contribution in [2.24, 2.45) is 0 Å². The maximum Gasteiger partial charge on any atom is 0.253 e. The van der Waals surface area contributed by atoms with Crippen LogP contribution in [0.5, 0.6) is 0 Å². The number of ether oxygens (including phenoxy) is 2. The lowest BCUT2D eigenvalue weighted by atomic mass is 10.1. The van der Waals surface area contributed by atoms with Crippen LogP contribution in [-0.4, -0.2) is 54.9 Å². The van der Waals surface area contributed by atoms with E-state index < -0.39 is 0 Å². The second-order valence-electron chi connectivity index (χ2n) is 6.88. The predicted octanol–water partition coefficient (Wildman–Crippen LogP) is 1.99. The fourth-order valence-corrected chi connectivity index (χ4v) is 3.45. The third-order valence-electron chi connectivity index (χ3n) is 4.64. The number of hydrogen-bond donors (Lipinski definition) is 1. The van der Waals surface area contributed by atoms with Gasteiger partial charge in [-0.3, -0.25) is 4.79 Å². The first-order chi connectivity index (χ1) is 11.5. The fourth-order valence-electron chi connectivity index (χ4n) is 3.45. The number of amides is 1. The third kappa shape index (κ3) is 4.05. The molecule has 2 aliphatic rings. The molecule has 0 bridgehead atoms. The summed E-state index contributed by atoms with van der Waals surface area (Å²) in [6, 6.07) is 3.77. The van der Waals surface area contributed by atoms with Crippen LogP contribution in [0.2, 0.25) is 0 Å². The predicted molar refractivity (Wildman–Crippen MR) is 92.4 cm³/mol. The van der Waals surface area contributed by atoms with Gasteiger partial charge >= 0.3 is 0 Å². The Balaban J connectivity index is 1.60. The number of hydrogen-bond acceptors (Lipinski definition) is 5. The van der Waals surface area contributed by atoms with Crippen molar-refractivity contribution in [1.29, 1.82) is 0 Å². The largest absolute Gasteiger partial charge is 0.376 e. The van der Waals surface area contributed by atoms with E-state index in [1.807, 2.05) is 19.1 Å². The minimum absolute atomic E-state index is 0.0145. The molecule has 2 aliphatic heterocycles. The zero-order valence-corrected chi connectivity index (χ0v) is 14.7. The van der Waals surface area contributed by atoms with E-state index in [4.69, 9.17) is 9.47 Å². The van der Waals surface area contributed by atoms with Crippen molar-refractivity contribution in [3.63, 3.8) is 0 Å². The quantitative estimate of drug-likeness (QED) is 0.913. The van der Waals surface area contributed by atoms with Gasteiger partial charge in [0.15, 0.2) is 0 Å². The lowest BCUT2D eigenvalue weighted by molar-refractivity contribution is -0.00546. The first-order valence-electron chi connectivity index (χ1n) is 8.82. The van der Waals surface area contributed by atoms with Crippen LogP contribution in [0.3, 0.4) is 0 Å². The van der Waals surface area contributed by atoms with E-state index in [1.54, 1.807) is 6.20 Å². The second kappa shape index (κ2) is 7.49. The van der Waals surface area contributed by atoms with Crippen LogP contribution in [0.15, 0.2) is 18.3 Å². The molecule has 0 aliphatic carbocycles. The van der Waals surface area contributed by atoms with Crippen LogP contribution >= 0.6 is 0 Å². The molecule has 0 saturated carbocycles. The molecule has 0 aromatic carbocycles. The monoisotopic (exact) mass is 333 g/mol. The number of nitrogens with one attached hydrogen (secondary N) is 1. The number of aromatic nitrogens is 1. The Hall–Kier alpha value is -1.66. The highest BCUT2D eigenvalue weighted by atomic mass is 16.5. The first-order valence-corrected chi connectivity index (χ1v) is 8.82. The number of carbonyl (C=O) groups is 1. The van der Waals surface area contributed by atoms with Gasteiger partial charge in [-0.2, -0.15) is 0 Å². The molecule has 0 radical (unpaired) electrons. The van der Waals surface area contributed by atoms with Crippen molar-refractivity contribution in [2.75, 3.05) is 24.6 Å². The van der Waals surface area contributed by atoms with E-state index >= 15 is 0 Å². The third-order valence-corrected chi connectivity index (χ3v) is 4.64. The highest BCUT2D eigenvalue weighted by molar-refractivity contribution is 5.94. The summed E-state index contributed by atoms with van der Waals surface area (Å²) in [5, 5.41) is 3.01. The van der Waals surface area contributed by atoms with E-state index in [-0.39, 0.29) is 30.3 Å². The highest BCUT2D eigenvalue weighted by Gasteiger charge is 2.25. The summed E-state index contributed by atoms with van der Waals surface area (Å²) in [7, 11) is 0. The topological polar surface area (TPSA) is 63.7 Å². The minimum Gasteiger partial charge on any atom is -0.376 e. The van der Waals surface area contributed by atoms with Crippen molar-refractivity contribution < 1.29 is 14.3 Å². The van der Waals surface area contributed by atoms with Crippen molar-refractivity contribution in [2.45, 2.75) is 58.0 Å². The van der Waals surface area contributed by atoms with Gasteiger partial charge in [-0.1, -0.05) is 0 Å². The Morgan fingerprint density at radius 3 is 2.67 bits per heavy atom. The van der Waals surface area contributed by atoms with Crippen molar-refractivity contribution >= 4 is 11.7 Å². The van der Waals surface area contributed by atoms with Gasteiger partial charge in [0, 0.05) is 25.9 Å². The summed E-state index contributed by atoms with van der Waals surface area (Å²) >= 11 is 0. The molecule has 2 fully saturated rings. The van der Waals surface area contributed by atoms with Gasteiger partial charge in [0.25, 0.3) is 5.91 Å². The van der Waals surface area contributed by atoms with Crippen LogP contribution in [0.25, 0.3) is 0 Å². The standard InChI is InChI=1S/C18H27N3O3/c1-12-10-21(11-13(2)24-12)17-7-6-15(9-19-17)18(22)20-14(3)16-5-4-8-23-16/h6-7,9,12-14,16H,4-5,8,10-11H2,1-3H3,(H,20,22)/t12-,13-,14-,16-/m1/s1. The van der Waals surface area contributed by atoms with Crippen LogP contribution < -0.4 is 10.2 Å². The van der Waals surface area contributed by atoms with Gasteiger partial charge in [-0.25, -0.2) is 4.98 Å². The zero-order valence-electron chi connectivity index (χ0n) is 14.7.